The number of rotatable bonds is 3. The summed E-state index contributed by atoms with van der Waals surface area (Å²) in [6.07, 6.45) is 2.75. The molecule has 0 aromatic rings. The van der Waals surface area contributed by atoms with Crippen LogP contribution in [0, 0.1) is 5.92 Å². The Hall–Kier alpha value is -0.340. The molecular weight excluding hydrogens is 126 g/mol. The maximum absolute atomic E-state index is 9.12. The molecule has 1 unspecified atom stereocenters. The average Bonchev–Trinajstić information content (AvgIpc) is 1.84. The van der Waals surface area contributed by atoms with Gasteiger partial charge in [-0.05, 0) is 25.2 Å². The normalized spacial score (nSPS) is 22.4. The lowest BCUT2D eigenvalue weighted by Gasteiger charge is -2.29. The summed E-state index contributed by atoms with van der Waals surface area (Å²) < 4.78 is 0. The van der Waals surface area contributed by atoms with Crippen LogP contribution in [0.15, 0.2) is 12.2 Å². The van der Waals surface area contributed by atoms with Crippen molar-refractivity contribution >= 4 is 0 Å². The lowest BCUT2D eigenvalue weighted by Crippen LogP contribution is -2.26. The van der Waals surface area contributed by atoms with Gasteiger partial charge in [0.05, 0.1) is 6.10 Å². The molecule has 2 heteroatoms. The van der Waals surface area contributed by atoms with E-state index in [0.29, 0.717) is 12.5 Å². The highest BCUT2D eigenvalue weighted by Gasteiger charge is 2.23. The number of allylic oxidation sites excluding steroid dienone is 1. The molecule has 1 atom stereocenters. The van der Waals surface area contributed by atoms with E-state index in [2.05, 4.69) is 6.58 Å². The smallest absolute Gasteiger partial charge is 0.0665 e. The number of aliphatic hydroxyl groups excluding tert-OH is 1. The summed E-state index contributed by atoms with van der Waals surface area (Å²) in [6, 6.07) is 0. The van der Waals surface area contributed by atoms with Gasteiger partial charge in [-0.3, -0.25) is 0 Å². The third kappa shape index (κ3) is 1.82. The number of aliphatic hydroxyl groups is 1. The van der Waals surface area contributed by atoms with Gasteiger partial charge >= 0.3 is 0 Å². The molecule has 1 saturated carbocycles. The minimum atomic E-state index is -0.293. The first-order chi connectivity index (χ1) is 4.72. The summed E-state index contributed by atoms with van der Waals surface area (Å²) in [6.45, 7) is 4.22. The van der Waals surface area contributed by atoms with Gasteiger partial charge in [0.2, 0.25) is 0 Å². The first-order valence-corrected chi connectivity index (χ1v) is 3.77. The molecule has 0 aromatic carbocycles. The van der Waals surface area contributed by atoms with Crippen molar-refractivity contribution in [2.24, 2.45) is 11.7 Å². The highest BCUT2D eigenvalue weighted by molar-refractivity contribution is 5.07. The molecule has 1 fully saturated rings. The van der Waals surface area contributed by atoms with Gasteiger partial charge in [-0.15, -0.1) is 0 Å². The molecule has 10 heavy (non-hydrogen) atoms. The minimum Gasteiger partial charge on any atom is -0.392 e. The molecule has 1 aliphatic rings. The van der Waals surface area contributed by atoms with Crippen LogP contribution in [0.5, 0.6) is 0 Å². The first-order valence-electron chi connectivity index (χ1n) is 3.77. The van der Waals surface area contributed by atoms with Crippen molar-refractivity contribution in [3.05, 3.63) is 12.2 Å². The maximum Gasteiger partial charge on any atom is 0.0665 e. The topological polar surface area (TPSA) is 46.2 Å². The molecule has 1 aliphatic carbocycles. The van der Waals surface area contributed by atoms with Crippen LogP contribution in [0.1, 0.15) is 19.3 Å². The van der Waals surface area contributed by atoms with Crippen LogP contribution >= 0.6 is 0 Å². The zero-order chi connectivity index (χ0) is 7.56. The van der Waals surface area contributed by atoms with E-state index in [9.17, 15) is 0 Å². The molecule has 0 radical (unpaired) electrons. The zero-order valence-corrected chi connectivity index (χ0v) is 6.21. The van der Waals surface area contributed by atoms with Gasteiger partial charge in [-0.1, -0.05) is 12.2 Å². The Morgan fingerprint density at radius 3 is 2.70 bits per heavy atom. The van der Waals surface area contributed by atoms with Gasteiger partial charge in [-0.2, -0.15) is 0 Å². The molecule has 0 aromatic heterocycles. The fourth-order valence-corrected chi connectivity index (χ4v) is 1.40. The van der Waals surface area contributed by atoms with Crippen LogP contribution in [-0.4, -0.2) is 17.8 Å². The zero-order valence-electron chi connectivity index (χ0n) is 6.21. The van der Waals surface area contributed by atoms with Crippen LogP contribution in [0.4, 0.5) is 0 Å². The van der Waals surface area contributed by atoms with E-state index in [0.717, 1.165) is 19.3 Å². The third-order valence-corrected chi connectivity index (χ3v) is 2.03. The molecule has 3 N–H and O–H groups in total. The fraction of sp³-hybridized carbons (Fsp3) is 0.750. The van der Waals surface area contributed by atoms with E-state index in [-0.39, 0.29) is 6.10 Å². The Kier molecular flexibility index (Phi) is 2.46. The predicted octanol–water partition coefficient (Wildman–Crippen LogP) is 0.662. The fourth-order valence-electron chi connectivity index (χ4n) is 1.40. The predicted molar refractivity (Wildman–Crippen MR) is 41.5 cm³/mol. The lowest BCUT2D eigenvalue weighted by atomic mass is 9.78. The van der Waals surface area contributed by atoms with E-state index >= 15 is 0 Å². The van der Waals surface area contributed by atoms with Gasteiger partial charge in [0.15, 0.2) is 0 Å². The molecular formula is C8H15NO. The summed E-state index contributed by atoms with van der Waals surface area (Å²) in [5, 5.41) is 9.12. The van der Waals surface area contributed by atoms with Crippen LogP contribution < -0.4 is 5.73 Å². The third-order valence-electron chi connectivity index (χ3n) is 2.03. The molecule has 0 bridgehead atoms. The Labute approximate surface area is 61.7 Å². The number of hydrogen-bond acceptors (Lipinski definition) is 2. The van der Waals surface area contributed by atoms with Crippen LogP contribution in [-0.2, 0) is 0 Å². The van der Waals surface area contributed by atoms with Crippen molar-refractivity contribution in [2.75, 3.05) is 6.54 Å². The van der Waals surface area contributed by atoms with Crippen molar-refractivity contribution in [3.8, 4) is 0 Å². The summed E-state index contributed by atoms with van der Waals surface area (Å²) in [4.78, 5) is 0. The van der Waals surface area contributed by atoms with Gasteiger partial charge in [0.25, 0.3) is 0 Å². The van der Waals surface area contributed by atoms with Crippen molar-refractivity contribution in [3.63, 3.8) is 0 Å². The van der Waals surface area contributed by atoms with Gasteiger partial charge < -0.3 is 10.8 Å². The molecule has 0 amide bonds. The van der Waals surface area contributed by atoms with Crippen molar-refractivity contribution < 1.29 is 5.11 Å². The van der Waals surface area contributed by atoms with E-state index in [1.54, 1.807) is 0 Å². The molecule has 0 heterocycles. The Balaban J connectivity index is 2.10. The molecule has 58 valence electrons. The molecule has 1 rings (SSSR count). The van der Waals surface area contributed by atoms with Crippen LogP contribution in [0.3, 0.4) is 0 Å². The van der Waals surface area contributed by atoms with Gasteiger partial charge in [0.1, 0.15) is 0 Å². The number of nitrogens with two attached hydrogens (primary N) is 1. The lowest BCUT2D eigenvalue weighted by molar-refractivity contribution is 0.139. The minimum absolute atomic E-state index is 0.293. The van der Waals surface area contributed by atoms with E-state index in [1.807, 2.05) is 0 Å². The summed E-state index contributed by atoms with van der Waals surface area (Å²) in [7, 11) is 0. The van der Waals surface area contributed by atoms with Crippen molar-refractivity contribution in [2.45, 2.75) is 25.4 Å². The summed E-state index contributed by atoms with van der Waals surface area (Å²) in [5.41, 5.74) is 6.58. The van der Waals surface area contributed by atoms with Crippen molar-refractivity contribution in [1.82, 2.24) is 0 Å². The SMILES string of the molecule is C=C1CC(CC(O)CN)C1. The second-order valence-corrected chi connectivity index (χ2v) is 3.15. The van der Waals surface area contributed by atoms with Gasteiger partial charge in [0, 0.05) is 6.54 Å². The van der Waals surface area contributed by atoms with Crippen LogP contribution in [0.2, 0.25) is 0 Å². The molecule has 0 aliphatic heterocycles. The highest BCUT2D eigenvalue weighted by Crippen LogP contribution is 2.34. The van der Waals surface area contributed by atoms with Crippen molar-refractivity contribution in [1.29, 1.82) is 0 Å². The monoisotopic (exact) mass is 141 g/mol. The Morgan fingerprint density at radius 1 is 1.70 bits per heavy atom. The largest absolute Gasteiger partial charge is 0.392 e. The first kappa shape index (κ1) is 7.76. The number of hydrogen-bond donors (Lipinski definition) is 2. The van der Waals surface area contributed by atoms with Gasteiger partial charge in [-0.25, -0.2) is 0 Å². The summed E-state index contributed by atoms with van der Waals surface area (Å²) in [5.74, 6) is 0.658. The molecule has 2 nitrogen and oxygen atoms in total. The standard InChI is InChI=1S/C8H15NO/c1-6-2-7(3-6)4-8(10)5-9/h7-8,10H,1-5,9H2. The second-order valence-electron chi connectivity index (χ2n) is 3.15. The second kappa shape index (κ2) is 3.17. The van der Waals surface area contributed by atoms with Crippen LogP contribution in [0.25, 0.3) is 0 Å². The summed E-state index contributed by atoms with van der Waals surface area (Å²) >= 11 is 0. The average molecular weight is 141 g/mol. The van der Waals surface area contributed by atoms with E-state index in [4.69, 9.17) is 10.8 Å². The highest BCUT2D eigenvalue weighted by atomic mass is 16.3. The molecule has 0 saturated heterocycles. The molecule has 0 spiro atoms. The Morgan fingerprint density at radius 2 is 2.30 bits per heavy atom. The Bertz CT molecular complexity index is 125. The van der Waals surface area contributed by atoms with E-state index in [1.165, 1.54) is 5.57 Å². The van der Waals surface area contributed by atoms with E-state index < -0.39 is 0 Å². The maximum atomic E-state index is 9.12. The quantitative estimate of drug-likeness (QED) is 0.567.